The van der Waals surface area contributed by atoms with Crippen molar-refractivity contribution in [1.29, 1.82) is 0 Å². The van der Waals surface area contributed by atoms with Gasteiger partial charge in [-0.05, 0) is 67.1 Å². The number of aromatic amines is 1. The number of rotatable bonds is 9. The smallest absolute Gasteiger partial charge is 0.236 e. The summed E-state index contributed by atoms with van der Waals surface area (Å²) < 4.78 is 10.9. The number of hydrogen-bond acceptors (Lipinski definition) is 6. The third-order valence-corrected chi connectivity index (χ3v) is 6.94. The van der Waals surface area contributed by atoms with E-state index in [0.29, 0.717) is 17.4 Å². The minimum atomic E-state index is -0.840. The highest BCUT2D eigenvalue weighted by Gasteiger charge is 2.24. The van der Waals surface area contributed by atoms with Crippen LogP contribution in [0.4, 0.5) is 0 Å². The van der Waals surface area contributed by atoms with Crippen LogP contribution in [0.15, 0.2) is 36.4 Å². The average Bonchev–Trinajstić information content (AvgIpc) is 3.23. The van der Waals surface area contributed by atoms with Gasteiger partial charge in [0.15, 0.2) is 11.5 Å². The second-order valence-electron chi connectivity index (χ2n) is 9.12. The molecule has 2 heterocycles. The van der Waals surface area contributed by atoms with Crippen molar-refractivity contribution in [1.82, 2.24) is 15.2 Å². The van der Waals surface area contributed by atoms with Crippen molar-refractivity contribution in [3.05, 3.63) is 47.5 Å². The molecule has 8 heteroatoms. The van der Waals surface area contributed by atoms with Gasteiger partial charge in [-0.2, -0.15) is 0 Å². The van der Waals surface area contributed by atoms with Gasteiger partial charge < -0.3 is 34.9 Å². The number of carbonyl (C=O) groups excluding carboxylic acids is 1. The van der Waals surface area contributed by atoms with Crippen molar-refractivity contribution >= 4 is 16.8 Å². The molecule has 35 heavy (non-hydrogen) atoms. The maximum atomic E-state index is 12.5. The number of hydrogen-bond donors (Lipinski definition) is 4. The number of piperidine rings is 1. The molecule has 0 radical (unpaired) electrons. The SMILES string of the molecule is COc1ccc(-c2[nH]c3ccc(C4CCN(C(=O)CNCC(O)CO)CC4)cc3c2C)cc1OC. The Morgan fingerprint density at radius 3 is 2.57 bits per heavy atom. The third kappa shape index (κ3) is 5.45. The number of aromatic nitrogens is 1. The fraction of sp³-hybridized carbons (Fsp3) is 0.444. The first kappa shape index (κ1) is 25.0. The largest absolute Gasteiger partial charge is 0.493 e. The Hall–Kier alpha value is -3.07. The zero-order valence-electron chi connectivity index (χ0n) is 20.6. The lowest BCUT2D eigenvalue weighted by Crippen LogP contribution is -2.44. The van der Waals surface area contributed by atoms with Crippen molar-refractivity contribution in [2.45, 2.75) is 31.8 Å². The fourth-order valence-corrected chi connectivity index (χ4v) is 4.86. The first-order valence-corrected chi connectivity index (χ1v) is 12.1. The van der Waals surface area contributed by atoms with Crippen LogP contribution in [-0.4, -0.2) is 79.1 Å². The van der Waals surface area contributed by atoms with Crippen molar-refractivity contribution in [3.8, 4) is 22.8 Å². The van der Waals surface area contributed by atoms with Crippen molar-refractivity contribution in [2.75, 3.05) is 47.0 Å². The first-order chi connectivity index (χ1) is 16.9. The number of ether oxygens (including phenoxy) is 2. The van der Waals surface area contributed by atoms with Gasteiger partial charge >= 0.3 is 0 Å². The summed E-state index contributed by atoms with van der Waals surface area (Å²) in [4.78, 5) is 17.9. The Kier molecular flexibility index (Phi) is 7.95. The van der Waals surface area contributed by atoms with E-state index in [0.717, 1.165) is 42.7 Å². The molecule has 188 valence electrons. The third-order valence-electron chi connectivity index (χ3n) is 6.94. The van der Waals surface area contributed by atoms with Crippen LogP contribution in [0.1, 0.15) is 29.9 Å². The molecule has 0 spiro atoms. The highest BCUT2D eigenvalue weighted by atomic mass is 16.5. The minimum Gasteiger partial charge on any atom is -0.493 e. The van der Waals surface area contributed by atoms with E-state index in [1.165, 1.54) is 16.5 Å². The lowest BCUT2D eigenvalue weighted by molar-refractivity contribution is -0.131. The summed E-state index contributed by atoms with van der Waals surface area (Å²) in [6, 6.07) is 12.6. The lowest BCUT2D eigenvalue weighted by atomic mass is 9.88. The Bertz CT molecular complexity index is 1170. The Morgan fingerprint density at radius 1 is 1.14 bits per heavy atom. The fourth-order valence-electron chi connectivity index (χ4n) is 4.86. The van der Waals surface area contributed by atoms with E-state index >= 15 is 0 Å². The normalized spacial score (nSPS) is 15.4. The number of benzene rings is 2. The van der Waals surface area contributed by atoms with Gasteiger partial charge in [-0.25, -0.2) is 0 Å². The quantitative estimate of drug-likeness (QED) is 0.375. The second-order valence-corrected chi connectivity index (χ2v) is 9.12. The summed E-state index contributed by atoms with van der Waals surface area (Å²) in [5, 5.41) is 22.4. The molecule has 1 amide bonds. The zero-order chi connectivity index (χ0) is 24.9. The number of aliphatic hydroxyl groups is 2. The van der Waals surface area contributed by atoms with Crippen LogP contribution in [-0.2, 0) is 4.79 Å². The molecule has 1 aliphatic rings. The zero-order valence-corrected chi connectivity index (χ0v) is 20.6. The monoisotopic (exact) mass is 481 g/mol. The highest BCUT2D eigenvalue weighted by Crippen LogP contribution is 2.37. The summed E-state index contributed by atoms with van der Waals surface area (Å²) >= 11 is 0. The molecule has 1 aromatic heterocycles. The number of nitrogens with one attached hydrogen (secondary N) is 2. The standard InChI is InChI=1S/C27H35N3O5/c1-17-22-12-19(18-8-10-30(11-9-18)26(33)15-28-14-21(32)16-31)4-6-23(22)29-27(17)20-5-7-24(34-2)25(13-20)35-3/h4-7,12-13,18,21,28-29,31-32H,8-11,14-16H2,1-3H3. The molecule has 4 rings (SSSR count). The minimum absolute atomic E-state index is 0.0325. The lowest BCUT2D eigenvalue weighted by Gasteiger charge is -2.32. The van der Waals surface area contributed by atoms with Crippen molar-refractivity contribution in [2.24, 2.45) is 0 Å². The number of methoxy groups -OCH3 is 2. The molecule has 2 aromatic carbocycles. The van der Waals surface area contributed by atoms with Gasteiger partial charge in [0.2, 0.25) is 5.91 Å². The number of fused-ring (bicyclic) bond motifs is 1. The molecule has 1 unspecified atom stereocenters. The molecule has 1 atom stereocenters. The maximum absolute atomic E-state index is 12.5. The maximum Gasteiger partial charge on any atom is 0.236 e. The first-order valence-electron chi connectivity index (χ1n) is 12.1. The number of amides is 1. The summed E-state index contributed by atoms with van der Waals surface area (Å²) in [5.41, 5.74) is 5.70. The number of carbonyl (C=O) groups is 1. The molecule has 1 fully saturated rings. The highest BCUT2D eigenvalue weighted by molar-refractivity contribution is 5.91. The number of aliphatic hydroxyl groups excluding tert-OH is 2. The van der Waals surface area contributed by atoms with Crippen LogP contribution in [0.2, 0.25) is 0 Å². The van der Waals surface area contributed by atoms with E-state index in [2.05, 4.69) is 35.4 Å². The molecule has 0 aliphatic carbocycles. The predicted octanol–water partition coefficient (Wildman–Crippen LogP) is 2.81. The summed E-state index contributed by atoms with van der Waals surface area (Å²) in [7, 11) is 3.28. The Labute approximate surface area is 205 Å². The Morgan fingerprint density at radius 2 is 1.89 bits per heavy atom. The molecular formula is C27H35N3O5. The van der Waals surface area contributed by atoms with Crippen LogP contribution < -0.4 is 14.8 Å². The molecule has 1 aliphatic heterocycles. The van der Waals surface area contributed by atoms with Gasteiger partial charge in [-0.1, -0.05) is 6.07 Å². The van der Waals surface area contributed by atoms with E-state index in [1.807, 2.05) is 23.1 Å². The number of H-pyrrole nitrogens is 1. The summed E-state index contributed by atoms with van der Waals surface area (Å²) in [6.07, 6.45) is 0.998. The van der Waals surface area contributed by atoms with Crippen LogP contribution in [0.25, 0.3) is 22.2 Å². The molecule has 1 saturated heterocycles. The summed E-state index contributed by atoms with van der Waals surface area (Å²) in [5.74, 6) is 1.84. The van der Waals surface area contributed by atoms with Crippen molar-refractivity contribution < 1.29 is 24.5 Å². The van der Waals surface area contributed by atoms with E-state index in [1.54, 1.807) is 14.2 Å². The van der Waals surface area contributed by atoms with E-state index in [4.69, 9.17) is 14.6 Å². The summed E-state index contributed by atoms with van der Waals surface area (Å²) in [6.45, 7) is 3.64. The van der Waals surface area contributed by atoms with Gasteiger partial charge in [0, 0.05) is 41.8 Å². The van der Waals surface area contributed by atoms with Gasteiger partial charge in [-0.3, -0.25) is 4.79 Å². The van der Waals surface area contributed by atoms with E-state index < -0.39 is 6.10 Å². The van der Waals surface area contributed by atoms with Gasteiger partial charge in [-0.15, -0.1) is 0 Å². The van der Waals surface area contributed by atoms with Crippen LogP contribution in [0.3, 0.4) is 0 Å². The van der Waals surface area contributed by atoms with Gasteiger partial charge in [0.1, 0.15) is 0 Å². The molecule has 0 bridgehead atoms. The average molecular weight is 482 g/mol. The van der Waals surface area contributed by atoms with Gasteiger partial charge in [0.05, 0.1) is 33.5 Å². The van der Waals surface area contributed by atoms with E-state index in [9.17, 15) is 9.90 Å². The molecule has 4 N–H and O–H groups in total. The van der Waals surface area contributed by atoms with Crippen molar-refractivity contribution in [3.63, 3.8) is 0 Å². The molecular weight excluding hydrogens is 446 g/mol. The molecule has 8 nitrogen and oxygen atoms in total. The number of nitrogens with zero attached hydrogens (tertiary/aromatic N) is 1. The van der Waals surface area contributed by atoms with Crippen LogP contribution in [0, 0.1) is 6.92 Å². The molecule has 0 saturated carbocycles. The second kappa shape index (κ2) is 11.1. The topological polar surface area (TPSA) is 107 Å². The van der Waals surface area contributed by atoms with Crippen LogP contribution >= 0.6 is 0 Å². The number of aryl methyl sites for hydroxylation is 1. The van der Waals surface area contributed by atoms with E-state index in [-0.39, 0.29) is 25.6 Å². The van der Waals surface area contributed by atoms with Crippen LogP contribution in [0.5, 0.6) is 11.5 Å². The van der Waals surface area contributed by atoms with Gasteiger partial charge in [0.25, 0.3) is 0 Å². The molecule has 3 aromatic rings. The number of likely N-dealkylation sites (tertiary alicyclic amines) is 1. The predicted molar refractivity (Wildman–Crippen MR) is 136 cm³/mol. The Balaban J connectivity index is 1.45.